The van der Waals surface area contributed by atoms with Gasteiger partial charge >= 0.3 is 0 Å². The second-order valence-corrected chi connectivity index (χ2v) is 6.32. The van der Waals surface area contributed by atoms with Crippen LogP contribution in [0.3, 0.4) is 0 Å². The molecule has 2 nitrogen and oxygen atoms in total. The SMILES string of the molecule is CCCCCCCCCCCC[n+]1ccccc1.c1ccncc1. The monoisotopic (exact) mass is 327 g/mol. The molecule has 24 heavy (non-hydrogen) atoms. The van der Waals surface area contributed by atoms with E-state index in [2.05, 4.69) is 47.1 Å². The van der Waals surface area contributed by atoms with E-state index in [9.17, 15) is 0 Å². The number of nitrogens with zero attached hydrogens (tertiary/aromatic N) is 2. The van der Waals surface area contributed by atoms with Crippen molar-refractivity contribution < 1.29 is 4.57 Å². The minimum atomic E-state index is 1.18. The zero-order chi connectivity index (χ0) is 17.1. The van der Waals surface area contributed by atoms with Crippen molar-refractivity contribution >= 4 is 0 Å². The van der Waals surface area contributed by atoms with E-state index < -0.39 is 0 Å². The van der Waals surface area contributed by atoms with Crippen LogP contribution in [0.4, 0.5) is 0 Å². The molecule has 0 aliphatic carbocycles. The maximum absolute atomic E-state index is 3.78. The van der Waals surface area contributed by atoms with Crippen LogP contribution < -0.4 is 4.57 Å². The number of rotatable bonds is 11. The molecule has 0 atom stereocenters. The first-order valence-corrected chi connectivity index (χ1v) is 9.72. The van der Waals surface area contributed by atoms with E-state index in [1.165, 1.54) is 70.8 Å². The molecule has 0 radical (unpaired) electrons. The van der Waals surface area contributed by atoms with Gasteiger partial charge in [-0.15, -0.1) is 0 Å². The van der Waals surface area contributed by atoms with E-state index in [4.69, 9.17) is 0 Å². The van der Waals surface area contributed by atoms with E-state index in [1.54, 1.807) is 12.4 Å². The van der Waals surface area contributed by atoms with E-state index in [0.29, 0.717) is 0 Å². The quantitative estimate of drug-likeness (QED) is 0.366. The maximum Gasteiger partial charge on any atom is 0.168 e. The second-order valence-electron chi connectivity index (χ2n) is 6.32. The van der Waals surface area contributed by atoms with Crippen molar-refractivity contribution in [2.24, 2.45) is 0 Å². The van der Waals surface area contributed by atoms with Gasteiger partial charge in [-0.1, -0.05) is 70.4 Å². The molecule has 0 aromatic carbocycles. The zero-order valence-electron chi connectivity index (χ0n) is 15.4. The molecule has 0 bridgehead atoms. The lowest BCUT2D eigenvalue weighted by atomic mass is 10.1. The van der Waals surface area contributed by atoms with Gasteiger partial charge in [0.05, 0.1) is 0 Å². The summed E-state index contributed by atoms with van der Waals surface area (Å²) < 4.78 is 2.28. The summed E-state index contributed by atoms with van der Waals surface area (Å²) in [5.74, 6) is 0. The maximum atomic E-state index is 3.78. The summed E-state index contributed by atoms with van der Waals surface area (Å²) >= 11 is 0. The topological polar surface area (TPSA) is 16.8 Å². The summed E-state index contributed by atoms with van der Waals surface area (Å²) in [4.78, 5) is 3.78. The molecule has 0 fully saturated rings. The Morgan fingerprint density at radius 1 is 0.583 bits per heavy atom. The van der Waals surface area contributed by atoms with Crippen molar-refractivity contribution in [3.05, 3.63) is 61.2 Å². The van der Waals surface area contributed by atoms with Gasteiger partial charge in [-0.05, 0) is 18.6 Å². The Hall–Kier alpha value is -1.70. The normalized spacial score (nSPS) is 10.0. The van der Waals surface area contributed by atoms with Gasteiger partial charge < -0.3 is 0 Å². The molecule has 2 rings (SSSR count). The van der Waals surface area contributed by atoms with Gasteiger partial charge in [-0.25, -0.2) is 4.57 Å². The van der Waals surface area contributed by atoms with Crippen LogP contribution in [0.25, 0.3) is 0 Å². The number of hydrogen-bond donors (Lipinski definition) is 0. The standard InChI is InChI=1S/C17H30N.C5H5N/c1-2-3-4-5-6-7-8-9-10-12-15-18-16-13-11-14-17-18;1-2-4-6-5-3-1/h11,13-14,16-17H,2-10,12,15H2,1H3;1-5H/q+1;. The molecule has 2 heteroatoms. The highest BCUT2D eigenvalue weighted by atomic mass is 14.9. The lowest BCUT2D eigenvalue weighted by Crippen LogP contribution is -2.32. The number of aryl methyl sites for hydroxylation is 1. The van der Waals surface area contributed by atoms with Crippen molar-refractivity contribution in [3.8, 4) is 0 Å². The molecule has 0 unspecified atom stereocenters. The van der Waals surface area contributed by atoms with E-state index in [0.717, 1.165) is 0 Å². The van der Waals surface area contributed by atoms with Crippen molar-refractivity contribution in [2.75, 3.05) is 0 Å². The third-order valence-electron chi connectivity index (χ3n) is 4.11. The summed E-state index contributed by atoms with van der Waals surface area (Å²) in [6, 6.07) is 12.0. The summed E-state index contributed by atoms with van der Waals surface area (Å²) in [5.41, 5.74) is 0. The zero-order valence-corrected chi connectivity index (χ0v) is 15.4. The molecule has 0 saturated heterocycles. The number of unbranched alkanes of at least 4 members (excludes halogenated alkanes) is 9. The minimum Gasteiger partial charge on any atom is -0.265 e. The first-order valence-electron chi connectivity index (χ1n) is 9.72. The average Bonchev–Trinajstić information content (AvgIpc) is 2.66. The summed E-state index contributed by atoms with van der Waals surface area (Å²) in [6.45, 7) is 3.46. The fraction of sp³-hybridized carbons (Fsp3) is 0.545. The van der Waals surface area contributed by atoms with Crippen LogP contribution in [0.1, 0.15) is 71.1 Å². The van der Waals surface area contributed by atoms with Crippen LogP contribution >= 0.6 is 0 Å². The van der Waals surface area contributed by atoms with Crippen LogP contribution in [0.5, 0.6) is 0 Å². The second kappa shape index (κ2) is 16.2. The van der Waals surface area contributed by atoms with Crippen molar-refractivity contribution in [3.63, 3.8) is 0 Å². The predicted molar refractivity (Wildman–Crippen MR) is 103 cm³/mol. The number of hydrogen-bond acceptors (Lipinski definition) is 1. The van der Waals surface area contributed by atoms with Gasteiger partial charge in [0.2, 0.25) is 0 Å². The fourth-order valence-electron chi connectivity index (χ4n) is 2.68. The van der Waals surface area contributed by atoms with E-state index >= 15 is 0 Å². The minimum absolute atomic E-state index is 1.18. The Morgan fingerprint density at radius 2 is 1.08 bits per heavy atom. The number of aromatic nitrogens is 2. The Kier molecular flexibility index (Phi) is 13.7. The highest BCUT2D eigenvalue weighted by molar-refractivity contribution is 4.88. The van der Waals surface area contributed by atoms with Gasteiger partial charge in [0.1, 0.15) is 6.54 Å². The highest BCUT2D eigenvalue weighted by Crippen LogP contribution is 2.10. The molecule has 2 heterocycles. The summed E-state index contributed by atoms with van der Waals surface area (Å²) in [7, 11) is 0. The third kappa shape index (κ3) is 12.8. The first kappa shape index (κ1) is 20.3. The molecule has 0 aliphatic rings. The van der Waals surface area contributed by atoms with Gasteiger partial charge in [0.25, 0.3) is 0 Å². The average molecular weight is 328 g/mol. The first-order chi connectivity index (χ1) is 11.9. The summed E-state index contributed by atoms with van der Waals surface area (Å²) in [6.07, 6.45) is 22.0. The third-order valence-corrected chi connectivity index (χ3v) is 4.11. The molecular weight excluding hydrogens is 292 g/mol. The van der Waals surface area contributed by atoms with Crippen LogP contribution in [-0.2, 0) is 6.54 Å². The van der Waals surface area contributed by atoms with Crippen molar-refractivity contribution in [1.82, 2.24) is 4.98 Å². The lowest BCUT2D eigenvalue weighted by molar-refractivity contribution is -0.697. The van der Waals surface area contributed by atoms with E-state index in [1.807, 2.05) is 18.2 Å². The molecule has 0 aliphatic heterocycles. The molecule has 2 aromatic rings. The molecule has 0 saturated carbocycles. The Balaban J connectivity index is 0.000000400. The van der Waals surface area contributed by atoms with Crippen molar-refractivity contribution in [2.45, 2.75) is 77.7 Å². The summed E-state index contributed by atoms with van der Waals surface area (Å²) in [5, 5.41) is 0. The smallest absolute Gasteiger partial charge is 0.168 e. The van der Waals surface area contributed by atoms with Gasteiger partial charge in [-0.3, -0.25) is 4.98 Å². The van der Waals surface area contributed by atoms with Gasteiger partial charge in [0.15, 0.2) is 12.4 Å². The molecule has 0 N–H and O–H groups in total. The predicted octanol–water partition coefficient (Wildman–Crippen LogP) is 5.98. The Morgan fingerprint density at radius 3 is 1.54 bits per heavy atom. The Bertz CT molecular complexity index is 429. The van der Waals surface area contributed by atoms with Crippen LogP contribution in [-0.4, -0.2) is 4.98 Å². The van der Waals surface area contributed by atoms with Gasteiger partial charge in [0, 0.05) is 30.9 Å². The van der Waals surface area contributed by atoms with Crippen molar-refractivity contribution in [1.29, 1.82) is 0 Å². The fourth-order valence-corrected chi connectivity index (χ4v) is 2.68. The van der Waals surface area contributed by atoms with Crippen LogP contribution in [0, 0.1) is 0 Å². The van der Waals surface area contributed by atoms with E-state index in [-0.39, 0.29) is 0 Å². The van der Waals surface area contributed by atoms with Crippen LogP contribution in [0.15, 0.2) is 61.2 Å². The highest BCUT2D eigenvalue weighted by Gasteiger charge is 1.97. The van der Waals surface area contributed by atoms with Crippen LogP contribution in [0.2, 0.25) is 0 Å². The van der Waals surface area contributed by atoms with Gasteiger partial charge in [-0.2, -0.15) is 0 Å². The largest absolute Gasteiger partial charge is 0.265 e. The Labute approximate surface area is 149 Å². The molecule has 132 valence electrons. The molecule has 0 amide bonds. The molecule has 0 spiro atoms. The molecular formula is C22H35N2+. The number of pyridine rings is 2. The lowest BCUT2D eigenvalue weighted by Gasteiger charge is -2.01. The molecule has 2 aromatic heterocycles.